The summed E-state index contributed by atoms with van der Waals surface area (Å²) in [6.07, 6.45) is 5.74. The Morgan fingerprint density at radius 1 is 1.39 bits per heavy atom. The molecule has 0 aliphatic carbocycles. The molecule has 4 rings (SSSR count). The van der Waals surface area contributed by atoms with Crippen LogP contribution in [0.5, 0.6) is 0 Å². The highest BCUT2D eigenvalue weighted by Crippen LogP contribution is 2.35. The van der Waals surface area contributed by atoms with E-state index in [4.69, 9.17) is 0 Å². The van der Waals surface area contributed by atoms with Gasteiger partial charge in [0.05, 0.1) is 17.1 Å². The Balaban J connectivity index is 1.66. The number of aromatic nitrogens is 2. The third kappa shape index (κ3) is 2.53. The maximum Gasteiger partial charge on any atom is 0.264 e. The van der Waals surface area contributed by atoms with E-state index in [1.807, 2.05) is 24.3 Å². The molecule has 0 radical (unpaired) electrons. The SMILES string of the molecule is Cn1cc([C@H]2CCCN2C(=O)c2cc3cc(F)ccc3s2)cn1. The molecule has 1 saturated heterocycles. The summed E-state index contributed by atoms with van der Waals surface area (Å²) < 4.78 is 16.0. The first-order valence-electron chi connectivity index (χ1n) is 7.60. The van der Waals surface area contributed by atoms with Crippen LogP contribution in [0.4, 0.5) is 4.39 Å². The number of fused-ring (bicyclic) bond motifs is 1. The standard InChI is InChI=1S/C17H16FN3OS/c1-20-10-12(9-19-20)14-3-2-6-21(14)17(22)16-8-11-7-13(18)4-5-15(11)23-16/h4-5,7-10,14H,2-3,6H2,1H3/t14-/m1/s1. The summed E-state index contributed by atoms with van der Waals surface area (Å²) >= 11 is 1.42. The van der Waals surface area contributed by atoms with Crippen LogP contribution in [0.1, 0.15) is 34.1 Å². The number of rotatable bonds is 2. The lowest BCUT2D eigenvalue weighted by Crippen LogP contribution is -2.29. The van der Waals surface area contributed by atoms with E-state index >= 15 is 0 Å². The van der Waals surface area contributed by atoms with E-state index in [0.29, 0.717) is 4.88 Å². The number of hydrogen-bond acceptors (Lipinski definition) is 3. The second kappa shape index (κ2) is 5.45. The van der Waals surface area contributed by atoms with Gasteiger partial charge in [-0.3, -0.25) is 9.48 Å². The van der Waals surface area contributed by atoms with Crippen LogP contribution >= 0.6 is 11.3 Å². The summed E-state index contributed by atoms with van der Waals surface area (Å²) in [6.45, 7) is 0.751. The second-order valence-electron chi connectivity index (χ2n) is 5.90. The van der Waals surface area contributed by atoms with Gasteiger partial charge < -0.3 is 4.90 Å². The summed E-state index contributed by atoms with van der Waals surface area (Å²) in [5.41, 5.74) is 1.07. The molecule has 118 valence electrons. The predicted molar refractivity (Wildman–Crippen MR) is 88.0 cm³/mol. The fraction of sp³-hybridized carbons (Fsp3) is 0.294. The van der Waals surface area contributed by atoms with Gasteiger partial charge in [0.15, 0.2) is 0 Å². The minimum Gasteiger partial charge on any atom is -0.331 e. The van der Waals surface area contributed by atoms with Gasteiger partial charge in [0, 0.05) is 30.1 Å². The van der Waals surface area contributed by atoms with Gasteiger partial charge in [-0.25, -0.2) is 4.39 Å². The highest BCUT2D eigenvalue weighted by Gasteiger charge is 2.32. The van der Waals surface area contributed by atoms with Crippen LogP contribution in [0.3, 0.4) is 0 Å². The van der Waals surface area contributed by atoms with Crippen molar-refractivity contribution in [3.8, 4) is 0 Å². The number of nitrogens with zero attached hydrogens (tertiary/aromatic N) is 3. The van der Waals surface area contributed by atoms with Crippen LogP contribution < -0.4 is 0 Å². The second-order valence-corrected chi connectivity index (χ2v) is 6.98. The largest absolute Gasteiger partial charge is 0.331 e. The molecule has 1 aliphatic rings. The number of carbonyl (C=O) groups is 1. The maximum atomic E-state index is 13.3. The van der Waals surface area contributed by atoms with Crippen molar-refractivity contribution in [2.45, 2.75) is 18.9 Å². The van der Waals surface area contributed by atoms with E-state index in [-0.39, 0.29) is 17.8 Å². The molecule has 1 fully saturated rings. The zero-order chi connectivity index (χ0) is 16.0. The summed E-state index contributed by atoms with van der Waals surface area (Å²) in [5.74, 6) is -0.248. The van der Waals surface area contributed by atoms with Crippen molar-refractivity contribution in [3.63, 3.8) is 0 Å². The molecular formula is C17H16FN3OS. The maximum absolute atomic E-state index is 13.3. The normalized spacial score (nSPS) is 18.0. The lowest BCUT2D eigenvalue weighted by Gasteiger charge is -2.23. The molecule has 1 aromatic carbocycles. The molecule has 0 N–H and O–H groups in total. The van der Waals surface area contributed by atoms with Crippen LogP contribution in [0.25, 0.3) is 10.1 Å². The van der Waals surface area contributed by atoms with Gasteiger partial charge in [-0.05, 0) is 42.5 Å². The third-order valence-electron chi connectivity index (χ3n) is 4.31. The molecule has 6 heteroatoms. The number of carbonyl (C=O) groups excluding carboxylic acids is 1. The van der Waals surface area contributed by atoms with Gasteiger partial charge in [-0.1, -0.05) is 0 Å². The van der Waals surface area contributed by atoms with Crippen LogP contribution in [-0.2, 0) is 7.05 Å². The highest BCUT2D eigenvalue weighted by atomic mass is 32.1. The van der Waals surface area contributed by atoms with E-state index in [2.05, 4.69) is 5.10 Å². The van der Waals surface area contributed by atoms with Crippen molar-refractivity contribution in [1.29, 1.82) is 0 Å². The lowest BCUT2D eigenvalue weighted by molar-refractivity contribution is 0.0740. The molecule has 4 nitrogen and oxygen atoms in total. The fourth-order valence-electron chi connectivity index (χ4n) is 3.23. The Bertz CT molecular complexity index is 885. The Morgan fingerprint density at radius 3 is 3.04 bits per heavy atom. The van der Waals surface area contributed by atoms with Gasteiger partial charge in [-0.15, -0.1) is 11.3 Å². The first kappa shape index (κ1) is 14.4. The summed E-state index contributed by atoms with van der Waals surface area (Å²) in [5, 5.41) is 5.00. The Kier molecular flexibility index (Phi) is 3.41. The van der Waals surface area contributed by atoms with Crippen molar-refractivity contribution in [2.24, 2.45) is 7.05 Å². The number of likely N-dealkylation sites (tertiary alicyclic amines) is 1. The molecule has 1 atom stereocenters. The van der Waals surface area contributed by atoms with Crippen LogP contribution in [0, 0.1) is 5.82 Å². The number of amides is 1. The Morgan fingerprint density at radius 2 is 2.26 bits per heavy atom. The molecule has 2 aromatic heterocycles. The van der Waals surface area contributed by atoms with E-state index < -0.39 is 0 Å². The van der Waals surface area contributed by atoms with E-state index in [0.717, 1.165) is 35.0 Å². The smallest absolute Gasteiger partial charge is 0.264 e. The van der Waals surface area contributed by atoms with E-state index in [9.17, 15) is 9.18 Å². The molecule has 0 spiro atoms. The van der Waals surface area contributed by atoms with Gasteiger partial charge in [0.2, 0.25) is 0 Å². The van der Waals surface area contributed by atoms with Crippen LogP contribution in [0.2, 0.25) is 0 Å². The molecule has 3 heterocycles. The molecule has 0 bridgehead atoms. The van der Waals surface area contributed by atoms with Crippen LogP contribution in [-0.4, -0.2) is 27.1 Å². The van der Waals surface area contributed by atoms with Gasteiger partial charge in [-0.2, -0.15) is 5.10 Å². The number of halogens is 1. The molecular weight excluding hydrogens is 313 g/mol. The van der Waals surface area contributed by atoms with Crippen LogP contribution in [0.15, 0.2) is 36.7 Å². The molecule has 0 unspecified atom stereocenters. The topological polar surface area (TPSA) is 38.1 Å². The number of hydrogen-bond donors (Lipinski definition) is 0. The zero-order valence-electron chi connectivity index (χ0n) is 12.7. The third-order valence-corrected chi connectivity index (χ3v) is 5.42. The van der Waals surface area contributed by atoms with Crippen molar-refractivity contribution in [3.05, 3.63) is 52.9 Å². The quantitative estimate of drug-likeness (QED) is 0.718. The number of thiophene rings is 1. The average molecular weight is 329 g/mol. The fourth-order valence-corrected chi connectivity index (χ4v) is 4.23. The monoisotopic (exact) mass is 329 g/mol. The first-order chi connectivity index (χ1) is 11.1. The van der Waals surface area contributed by atoms with Crippen molar-refractivity contribution in [1.82, 2.24) is 14.7 Å². The minimum absolute atomic E-state index is 0.0259. The lowest BCUT2D eigenvalue weighted by atomic mass is 10.1. The number of benzene rings is 1. The molecule has 1 amide bonds. The van der Waals surface area contributed by atoms with Crippen molar-refractivity contribution in [2.75, 3.05) is 6.54 Å². The minimum atomic E-state index is -0.274. The molecule has 1 aliphatic heterocycles. The first-order valence-corrected chi connectivity index (χ1v) is 8.42. The number of aryl methyl sites for hydroxylation is 1. The van der Waals surface area contributed by atoms with Crippen molar-refractivity contribution >= 4 is 27.3 Å². The van der Waals surface area contributed by atoms with Gasteiger partial charge in [0.25, 0.3) is 5.91 Å². The predicted octanol–water partition coefficient (Wildman–Crippen LogP) is 3.75. The summed E-state index contributed by atoms with van der Waals surface area (Å²) in [6, 6.07) is 6.52. The van der Waals surface area contributed by atoms with Gasteiger partial charge >= 0.3 is 0 Å². The molecule has 23 heavy (non-hydrogen) atoms. The average Bonchev–Trinajstić information content (AvgIpc) is 3.23. The van der Waals surface area contributed by atoms with Crippen molar-refractivity contribution < 1.29 is 9.18 Å². The molecule has 0 saturated carbocycles. The highest BCUT2D eigenvalue weighted by molar-refractivity contribution is 7.20. The Labute approximate surface area is 137 Å². The zero-order valence-corrected chi connectivity index (χ0v) is 13.5. The summed E-state index contributed by atoms with van der Waals surface area (Å²) in [7, 11) is 1.88. The molecule has 3 aromatic rings. The van der Waals surface area contributed by atoms with E-state index in [1.54, 1.807) is 16.8 Å². The van der Waals surface area contributed by atoms with E-state index in [1.165, 1.54) is 23.5 Å². The summed E-state index contributed by atoms with van der Waals surface area (Å²) in [4.78, 5) is 15.5. The van der Waals surface area contributed by atoms with Gasteiger partial charge in [0.1, 0.15) is 5.82 Å². The Hall–Kier alpha value is -2.21.